The minimum atomic E-state index is -0.0818. The van der Waals surface area contributed by atoms with E-state index in [0.717, 1.165) is 29.8 Å². The van der Waals surface area contributed by atoms with Crippen LogP contribution in [-0.2, 0) is 0 Å². The fourth-order valence-corrected chi connectivity index (χ4v) is 3.98. The Morgan fingerprint density at radius 3 is 2.59 bits per heavy atom. The van der Waals surface area contributed by atoms with Crippen molar-refractivity contribution < 1.29 is 4.79 Å². The Balaban J connectivity index is 1.44. The van der Waals surface area contributed by atoms with Gasteiger partial charge in [0.15, 0.2) is 0 Å². The second-order valence-electron chi connectivity index (χ2n) is 7.06. The number of hydrogen-bond acceptors (Lipinski definition) is 3. The summed E-state index contributed by atoms with van der Waals surface area (Å²) in [6, 6.07) is 16.5. The number of H-pyrrole nitrogens is 1. The van der Waals surface area contributed by atoms with E-state index in [4.69, 9.17) is 23.2 Å². The lowest BCUT2D eigenvalue weighted by atomic mass is 9.92. The second-order valence-corrected chi connectivity index (χ2v) is 7.88. The highest BCUT2D eigenvalue weighted by Gasteiger charge is 2.27. The lowest BCUT2D eigenvalue weighted by Gasteiger charge is -2.31. The summed E-state index contributed by atoms with van der Waals surface area (Å²) in [5.74, 6) is 0.219. The quantitative estimate of drug-likeness (QED) is 0.621. The van der Waals surface area contributed by atoms with E-state index < -0.39 is 0 Å². The monoisotopic (exact) mass is 424 g/mol. The van der Waals surface area contributed by atoms with Crippen molar-refractivity contribution >= 4 is 29.1 Å². The number of nitrogens with one attached hydrogen (secondary N) is 1. The summed E-state index contributed by atoms with van der Waals surface area (Å²) in [7, 11) is 0. The van der Waals surface area contributed by atoms with E-state index in [9.17, 15) is 10.1 Å². The molecule has 0 spiro atoms. The molecule has 1 fully saturated rings. The van der Waals surface area contributed by atoms with Crippen molar-refractivity contribution in [3.63, 3.8) is 0 Å². The number of benzene rings is 2. The van der Waals surface area contributed by atoms with Crippen LogP contribution >= 0.6 is 23.2 Å². The molecule has 2 aromatic carbocycles. The fourth-order valence-electron chi connectivity index (χ4n) is 3.68. The first-order chi connectivity index (χ1) is 14.1. The first-order valence-corrected chi connectivity index (χ1v) is 10.1. The first-order valence-electron chi connectivity index (χ1n) is 9.36. The molecule has 1 N–H and O–H groups in total. The van der Waals surface area contributed by atoms with Crippen molar-refractivity contribution in [2.75, 3.05) is 13.1 Å². The third-order valence-electron chi connectivity index (χ3n) is 5.31. The van der Waals surface area contributed by atoms with Crippen LogP contribution < -0.4 is 0 Å². The molecule has 7 heteroatoms. The largest absolute Gasteiger partial charge is 0.339 e. The maximum atomic E-state index is 12.8. The number of piperidine rings is 1. The van der Waals surface area contributed by atoms with Crippen molar-refractivity contribution in [1.82, 2.24) is 15.1 Å². The molecule has 0 aliphatic carbocycles. The number of hydrogen-bond donors (Lipinski definition) is 1. The van der Waals surface area contributed by atoms with Gasteiger partial charge in [0.2, 0.25) is 0 Å². The van der Waals surface area contributed by atoms with Crippen molar-refractivity contribution in [3.05, 3.63) is 75.4 Å². The molecule has 5 nitrogen and oxygen atoms in total. The molecular weight excluding hydrogens is 407 g/mol. The smallest absolute Gasteiger partial charge is 0.255 e. The number of amides is 1. The van der Waals surface area contributed by atoms with E-state index in [1.165, 1.54) is 0 Å². The van der Waals surface area contributed by atoms with Gasteiger partial charge < -0.3 is 4.90 Å². The summed E-state index contributed by atoms with van der Waals surface area (Å²) >= 11 is 12.1. The van der Waals surface area contributed by atoms with Crippen LogP contribution in [0, 0.1) is 11.3 Å². The molecule has 2 heterocycles. The zero-order valence-corrected chi connectivity index (χ0v) is 17.0. The number of nitriles is 1. The van der Waals surface area contributed by atoms with E-state index in [-0.39, 0.29) is 5.91 Å². The minimum absolute atomic E-state index is 0.0818. The lowest BCUT2D eigenvalue weighted by Crippen LogP contribution is -2.38. The summed E-state index contributed by atoms with van der Waals surface area (Å²) in [4.78, 5) is 14.6. The van der Waals surface area contributed by atoms with Gasteiger partial charge in [0.25, 0.3) is 5.91 Å². The molecule has 0 unspecified atom stereocenters. The second kappa shape index (κ2) is 8.28. The molecule has 4 rings (SSSR count). The van der Waals surface area contributed by atoms with Crippen LogP contribution in [-0.4, -0.2) is 34.1 Å². The van der Waals surface area contributed by atoms with E-state index in [1.54, 1.807) is 36.4 Å². The summed E-state index contributed by atoms with van der Waals surface area (Å²) in [5.41, 5.74) is 3.66. The summed E-state index contributed by atoms with van der Waals surface area (Å²) in [6.45, 7) is 1.29. The van der Waals surface area contributed by atoms with Gasteiger partial charge >= 0.3 is 0 Å². The molecule has 3 aromatic rings. The minimum Gasteiger partial charge on any atom is -0.339 e. The Morgan fingerprint density at radius 1 is 1.10 bits per heavy atom. The molecule has 1 amide bonds. The van der Waals surface area contributed by atoms with E-state index in [1.807, 2.05) is 17.0 Å². The van der Waals surface area contributed by atoms with Gasteiger partial charge in [0, 0.05) is 30.3 Å². The van der Waals surface area contributed by atoms with E-state index in [2.05, 4.69) is 16.3 Å². The standard InChI is InChI=1S/C22H18Cl2N4O/c23-18-6-5-15(11-19(18)24)21-12-20(26-27-21)14-7-9-28(10-8-14)22(29)17-4-2-1-3-16(17)13-25/h1-6,11-12,14H,7-10H2,(H,26,27). The van der Waals surface area contributed by atoms with Crippen LogP contribution in [0.3, 0.4) is 0 Å². The highest BCUT2D eigenvalue weighted by molar-refractivity contribution is 6.42. The van der Waals surface area contributed by atoms with Gasteiger partial charge in [-0.05, 0) is 43.2 Å². The number of halogens is 2. The Hall–Kier alpha value is -2.81. The summed E-state index contributed by atoms with van der Waals surface area (Å²) < 4.78 is 0. The molecular formula is C22H18Cl2N4O. The average molecular weight is 425 g/mol. The number of nitrogens with zero attached hydrogens (tertiary/aromatic N) is 3. The molecule has 0 saturated carbocycles. The van der Waals surface area contributed by atoms with Crippen molar-refractivity contribution in [2.45, 2.75) is 18.8 Å². The van der Waals surface area contributed by atoms with Crippen LogP contribution in [0.1, 0.15) is 40.4 Å². The van der Waals surface area contributed by atoms with Gasteiger partial charge in [-0.2, -0.15) is 10.4 Å². The topological polar surface area (TPSA) is 72.8 Å². The van der Waals surface area contributed by atoms with Crippen LogP contribution in [0.4, 0.5) is 0 Å². The van der Waals surface area contributed by atoms with Crippen LogP contribution in [0.2, 0.25) is 10.0 Å². The normalized spacial score (nSPS) is 14.6. The fraction of sp³-hybridized carbons (Fsp3) is 0.227. The average Bonchev–Trinajstić information content (AvgIpc) is 3.25. The highest BCUT2D eigenvalue weighted by atomic mass is 35.5. The number of likely N-dealkylation sites (tertiary alicyclic amines) is 1. The zero-order chi connectivity index (χ0) is 20.4. The molecule has 1 aromatic heterocycles. The highest BCUT2D eigenvalue weighted by Crippen LogP contribution is 2.32. The maximum Gasteiger partial charge on any atom is 0.255 e. The van der Waals surface area contributed by atoms with Crippen molar-refractivity contribution in [1.29, 1.82) is 5.26 Å². The predicted molar refractivity (Wildman–Crippen MR) is 113 cm³/mol. The molecule has 0 radical (unpaired) electrons. The number of aromatic nitrogens is 2. The number of carbonyl (C=O) groups excluding carboxylic acids is 1. The predicted octanol–water partition coefficient (Wildman–Crippen LogP) is 5.27. The maximum absolute atomic E-state index is 12.8. The number of aromatic amines is 1. The third kappa shape index (κ3) is 4.00. The molecule has 1 saturated heterocycles. The van der Waals surface area contributed by atoms with Crippen LogP contribution in [0.5, 0.6) is 0 Å². The van der Waals surface area contributed by atoms with Gasteiger partial charge in [-0.15, -0.1) is 0 Å². The molecule has 0 bridgehead atoms. The van der Waals surface area contributed by atoms with Crippen LogP contribution in [0.25, 0.3) is 11.3 Å². The molecule has 1 aliphatic rings. The Kier molecular flexibility index (Phi) is 5.57. The first kappa shape index (κ1) is 19.5. The van der Waals surface area contributed by atoms with Gasteiger partial charge in [-0.1, -0.05) is 41.4 Å². The number of carbonyl (C=O) groups is 1. The Morgan fingerprint density at radius 2 is 1.86 bits per heavy atom. The van der Waals surface area contributed by atoms with E-state index >= 15 is 0 Å². The molecule has 29 heavy (non-hydrogen) atoms. The lowest BCUT2D eigenvalue weighted by molar-refractivity contribution is 0.0712. The Bertz CT molecular complexity index is 1090. The van der Waals surface area contributed by atoms with E-state index in [0.29, 0.717) is 40.2 Å². The molecule has 146 valence electrons. The number of rotatable bonds is 3. The SMILES string of the molecule is N#Cc1ccccc1C(=O)N1CCC(c2cc(-c3ccc(Cl)c(Cl)c3)n[nH]2)CC1. The zero-order valence-electron chi connectivity index (χ0n) is 15.5. The van der Waals surface area contributed by atoms with Gasteiger partial charge in [-0.3, -0.25) is 9.89 Å². The molecule has 1 aliphatic heterocycles. The third-order valence-corrected chi connectivity index (χ3v) is 6.05. The Labute approximate surface area is 178 Å². The van der Waals surface area contributed by atoms with Gasteiger partial charge in [0.1, 0.15) is 0 Å². The molecule has 0 atom stereocenters. The van der Waals surface area contributed by atoms with Gasteiger partial charge in [-0.25, -0.2) is 0 Å². The van der Waals surface area contributed by atoms with Crippen molar-refractivity contribution in [3.8, 4) is 17.3 Å². The van der Waals surface area contributed by atoms with Crippen LogP contribution in [0.15, 0.2) is 48.5 Å². The van der Waals surface area contributed by atoms with Gasteiger partial charge in [0.05, 0.1) is 32.9 Å². The van der Waals surface area contributed by atoms with Crippen molar-refractivity contribution in [2.24, 2.45) is 0 Å². The summed E-state index contributed by atoms with van der Waals surface area (Å²) in [5, 5.41) is 17.8. The summed E-state index contributed by atoms with van der Waals surface area (Å²) in [6.07, 6.45) is 1.67.